The van der Waals surface area contributed by atoms with Crippen molar-refractivity contribution in [3.63, 3.8) is 0 Å². The predicted molar refractivity (Wildman–Crippen MR) is 89.8 cm³/mol. The first-order valence-corrected chi connectivity index (χ1v) is 8.37. The number of carbonyl (C=O) groups is 1. The van der Waals surface area contributed by atoms with Crippen molar-refractivity contribution in [1.29, 1.82) is 0 Å². The third-order valence-corrected chi connectivity index (χ3v) is 4.41. The lowest BCUT2D eigenvalue weighted by atomic mass is 10.2. The monoisotopic (exact) mass is 343 g/mol. The molecule has 24 heavy (non-hydrogen) atoms. The highest BCUT2D eigenvalue weighted by Gasteiger charge is 2.15. The fourth-order valence-electron chi connectivity index (χ4n) is 2.18. The quantitative estimate of drug-likeness (QED) is 0.639. The number of nitrogens with zero attached hydrogens (tertiary/aromatic N) is 5. The van der Waals surface area contributed by atoms with Gasteiger partial charge < -0.3 is 9.32 Å². The average Bonchev–Trinajstić information content (AvgIpc) is 3.24. The van der Waals surface area contributed by atoms with E-state index < -0.39 is 0 Å². The van der Waals surface area contributed by atoms with Crippen LogP contribution in [0.4, 0.5) is 0 Å². The van der Waals surface area contributed by atoms with Gasteiger partial charge in [0.15, 0.2) is 0 Å². The Bertz CT molecular complexity index is 816. The molecular weight excluding hydrogens is 326 g/mol. The van der Waals surface area contributed by atoms with Crippen LogP contribution in [0.5, 0.6) is 0 Å². The highest BCUT2D eigenvalue weighted by atomic mass is 32.2. The Hall–Kier alpha value is -2.61. The van der Waals surface area contributed by atoms with Crippen molar-refractivity contribution in [3.05, 3.63) is 54.0 Å². The summed E-state index contributed by atoms with van der Waals surface area (Å²) < 4.78 is 6.91. The molecule has 0 bridgehead atoms. The van der Waals surface area contributed by atoms with E-state index in [1.807, 2.05) is 37.3 Å². The number of tetrazole rings is 1. The number of furan rings is 1. The molecular formula is C16H17N5O2S. The van der Waals surface area contributed by atoms with Crippen molar-refractivity contribution in [1.82, 2.24) is 25.1 Å². The van der Waals surface area contributed by atoms with Crippen molar-refractivity contribution in [2.24, 2.45) is 0 Å². The smallest absolute Gasteiger partial charge is 0.233 e. The Kier molecular flexibility index (Phi) is 4.95. The normalized spacial score (nSPS) is 10.8. The Labute approximate surface area is 143 Å². The van der Waals surface area contributed by atoms with Crippen molar-refractivity contribution in [2.75, 3.05) is 12.8 Å². The maximum Gasteiger partial charge on any atom is 0.233 e. The fourth-order valence-corrected chi connectivity index (χ4v) is 3.01. The average molecular weight is 343 g/mol. The van der Waals surface area contributed by atoms with Crippen LogP contribution in [-0.2, 0) is 11.3 Å². The van der Waals surface area contributed by atoms with E-state index in [0.29, 0.717) is 11.7 Å². The molecule has 3 rings (SSSR count). The summed E-state index contributed by atoms with van der Waals surface area (Å²) in [7, 11) is 1.75. The molecule has 2 aromatic heterocycles. The summed E-state index contributed by atoms with van der Waals surface area (Å²) >= 11 is 1.31. The van der Waals surface area contributed by atoms with Gasteiger partial charge in [0.25, 0.3) is 0 Å². The van der Waals surface area contributed by atoms with Crippen LogP contribution in [0.15, 0.2) is 52.2 Å². The molecule has 0 radical (unpaired) electrons. The van der Waals surface area contributed by atoms with Gasteiger partial charge in [-0.05, 0) is 41.1 Å². The maximum absolute atomic E-state index is 12.3. The van der Waals surface area contributed by atoms with Crippen LogP contribution >= 0.6 is 11.8 Å². The van der Waals surface area contributed by atoms with E-state index in [0.717, 1.165) is 17.0 Å². The first-order chi connectivity index (χ1) is 11.6. The Morgan fingerprint density at radius 1 is 1.29 bits per heavy atom. The third kappa shape index (κ3) is 3.65. The molecule has 0 saturated heterocycles. The second kappa shape index (κ2) is 7.31. The second-order valence-electron chi connectivity index (χ2n) is 5.28. The number of para-hydroxylation sites is 1. The van der Waals surface area contributed by atoms with Crippen molar-refractivity contribution in [3.8, 4) is 5.69 Å². The number of thioether (sulfide) groups is 1. The first kappa shape index (κ1) is 16.3. The maximum atomic E-state index is 12.3. The molecule has 1 amide bonds. The molecule has 1 aromatic carbocycles. The molecule has 124 valence electrons. The van der Waals surface area contributed by atoms with Crippen LogP contribution in [0.1, 0.15) is 11.3 Å². The number of hydrogen-bond donors (Lipinski definition) is 0. The largest absolute Gasteiger partial charge is 0.467 e. The Balaban J connectivity index is 1.64. The minimum absolute atomic E-state index is 0.0178. The zero-order chi connectivity index (χ0) is 16.9. The third-order valence-electron chi connectivity index (χ3n) is 3.51. The summed E-state index contributed by atoms with van der Waals surface area (Å²) in [6.07, 6.45) is 1.60. The van der Waals surface area contributed by atoms with Gasteiger partial charge in [-0.2, -0.15) is 4.68 Å². The number of carbonyl (C=O) groups excluding carboxylic acids is 1. The van der Waals surface area contributed by atoms with E-state index in [4.69, 9.17) is 4.42 Å². The standard InChI is InChI=1S/C16H17N5O2S/c1-12-6-3-4-8-14(12)21-16(17-18-19-21)24-11-15(22)20(2)10-13-7-5-9-23-13/h3-9H,10-11H2,1-2H3. The number of aromatic nitrogens is 4. The van der Waals surface area contributed by atoms with Gasteiger partial charge in [-0.25, -0.2) is 0 Å². The fraction of sp³-hybridized carbons (Fsp3) is 0.250. The van der Waals surface area contributed by atoms with Crippen LogP contribution in [-0.4, -0.2) is 43.8 Å². The Morgan fingerprint density at radius 2 is 2.12 bits per heavy atom. The summed E-state index contributed by atoms with van der Waals surface area (Å²) in [5.41, 5.74) is 1.97. The van der Waals surface area contributed by atoms with Gasteiger partial charge in [-0.1, -0.05) is 30.0 Å². The van der Waals surface area contributed by atoms with Gasteiger partial charge >= 0.3 is 0 Å². The van der Waals surface area contributed by atoms with Crippen LogP contribution in [0.25, 0.3) is 5.69 Å². The lowest BCUT2D eigenvalue weighted by molar-refractivity contribution is -0.127. The first-order valence-electron chi connectivity index (χ1n) is 7.38. The van der Waals surface area contributed by atoms with Gasteiger partial charge in [0.1, 0.15) is 5.76 Å². The topological polar surface area (TPSA) is 77.1 Å². The van der Waals surface area contributed by atoms with E-state index in [-0.39, 0.29) is 11.7 Å². The molecule has 0 spiro atoms. The molecule has 3 aromatic rings. The lowest BCUT2D eigenvalue weighted by Gasteiger charge is -2.15. The SMILES string of the molecule is Cc1ccccc1-n1nnnc1SCC(=O)N(C)Cc1ccco1. The van der Waals surface area contributed by atoms with Gasteiger partial charge in [0, 0.05) is 7.05 Å². The van der Waals surface area contributed by atoms with E-state index in [1.165, 1.54) is 11.8 Å². The number of rotatable bonds is 6. The highest BCUT2D eigenvalue weighted by Crippen LogP contribution is 2.20. The van der Waals surface area contributed by atoms with Crippen molar-refractivity contribution >= 4 is 17.7 Å². The van der Waals surface area contributed by atoms with Crippen LogP contribution in [0.2, 0.25) is 0 Å². The van der Waals surface area contributed by atoms with E-state index >= 15 is 0 Å². The van der Waals surface area contributed by atoms with Gasteiger partial charge in [-0.15, -0.1) is 5.10 Å². The zero-order valence-corrected chi connectivity index (χ0v) is 14.2. The summed E-state index contributed by atoms with van der Waals surface area (Å²) in [5, 5.41) is 12.4. The van der Waals surface area contributed by atoms with E-state index in [9.17, 15) is 4.79 Å². The van der Waals surface area contributed by atoms with Crippen LogP contribution in [0, 0.1) is 6.92 Å². The molecule has 0 atom stereocenters. The number of hydrogen-bond acceptors (Lipinski definition) is 6. The predicted octanol–water partition coefficient (Wildman–Crippen LogP) is 2.31. The molecule has 0 aliphatic rings. The molecule has 0 aliphatic carbocycles. The van der Waals surface area contributed by atoms with Crippen LogP contribution < -0.4 is 0 Å². The molecule has 8 heteroatoms. The zero-order valence-electron chi connectivity index (χ0n) is 13.4. The summed E-state index contributed by atoms with van der Waals surface area (Å²) in [5.74, 6) is 0.986. The molecule has 2 heterocycles. The van der Waals surface area contributed by atoms with Crippen molar-refractivity contribution in [2.45, 2.75) is 18.6 Å². The van der Waals surface area contributed by atoms with Crippen LogP contribution in [0.3, 0.4) is 0 Å². The second-order valence-corrected chi connectivity index (χ2v) is 6.22. The van der Waals surface area contributed by atoms with E-state index in [1.54, 1.807) is 29.0 Å². The molecule has 7 nitrogen and oxygen atoms in total. The molecule has 0 aliphatic heterocycles. The number of amides is 1. The molecule has 0 saturated carbocycles. The molecule has 0 N–H and O–H groups in total. The van der Waals surface area contributed by atoms with E-state index in [2.05, 4.69) is 15.5 Å². The van der Waals surface area contributed by atoms with Gasteiger partial charge in [0.05, 0.1) is 24.2 Å². The molecule has 0 unspecified atom stereocenters. The van der Waals surface area contributed by atoms with Gasteiger partial charge in [-0.3, -0.25) is 4.79 Å². The van der Waals surface area contributed by atoms with Gasteiger partial charge in [0.2, 0.25) is 11.1 Å². The van der Waals surface area contributed by atoms with Crippen molar-refractivity contribution < 1.29 is 9.21 Å². The summed E-state index contributed by atoms with van der Waals surface area (Å²) in [6.45, 7) is 2.43. The number of benzene rings is 1. The summed E-state index contributed by atoms with van der Waals surface area (Å²) in [6, 6.07) is 11.5. The molecule has 0 fully saturated rings. The Morgan fingerprint density at radius 3 is 2.88 bits per heavy atom. The minimum atomic E-state index is -0.0178. The highest BCUT2D eigenvalue weighted by molar-refractivity contribution is 7.99. The lowest BCUT2D eigenvalue weighted by Crippen LogP contribution is -2.27. The summed E-state index contributed by atoms with van der Waals surface area (Å²) in [4.78, 5) is 13.9. The minimum Gasteiger partial charge on any atom is -0.467 e. The number of aryl methyl sites for hydroxylation is 1.